The first-order valence-electron chi connectivity index (χ1n) is 10.1. The summed E-state index contributed by atoms with van der Waals surface area (Å²) >= 11 is 0. The van der Waals surface area contributed by atoms with Gasteiger partial charge < -0.3 is 16.2 Å². The summed E-state index contributed by atoms with van der Waals surface area (Å²) in [4.78, 5) is 34.3. The van der Waals surface area contributed by atoms with Gasteiger partial charge in [0.1, 0.15) is 23.7 Å². The fourth-order valence-electron chi connectivity index (χ4n) is 3.13. The highest BCUT2D eigenvalue weighted by Gasteiger charge is 2.21. The van der Waals surface area contributed by atoms with Crippen LogP contribution in [-0.2, 0) is 4.79 Å². The smallest absolute Gasteiger partial charge is 0.260 e. The van der Waals surface area contributed by atoms with Crippen LogP contribution in [0, 0.1) is 12.3 Å². The normalized spacial score (nSPS) is 10.3. The van der Waals surface area contributed by atoms with Gasteiger partial charge in [-0.15, -0.1) is 0 Å². The number of carbonyl (C=O) groups is 2. The van der Waals surface area contributed by atoms with Gasteiger partial charge in [0, 0.05) is 24.2 Å². The monoisotopic (exact) mass is 444 g/mol. The number of nitrogens with one attached hydrogen (secondary N) is 2. The van der Waals surface area contributed by atoms with E-state index in [9.17, 15) is 14.7 Å². The van der Waals surface area contributed by atoms with Crippen LogP contribution in [0.15, 0.2) is 67.5 Å². The second-order valence-corrected chi connectivity index (χ2v) is 7.15. The number of nitrogens with two attached hydrogens (primary N) is 1. The fourth-order valence-corrected chi connectivity index (χ4v) is 3.13. The Morgan fingerprint density at radius 2 is 1.91 bits per heavy atom. The van der Waals surface area contributed by atoms with Crippen molar-refractivity contribution in [3.05, 3.63) is 89.8 Å². The third-order valence-corrected chi connectivity index (χ3v) is 4.96. The van der Waals surface area contributed by atoms with Gasteiger partial charge in [-0.2, -0.15) is 0 Å². The van der Waals surface area contributed by atoms with E-state index in [-0.39, 0.29) is 41.7 Å². The average Bonchev–Trinajstić information content (AvgIpc) is 2.83. The Bertz CT molecular complexity index is 1210. The van der Waals surface area contributed by atoms with Crippen LogP contribution in [0.3, 0.4) is 0 Å². The molecule has 168 valence electrons. The van der Waals surface area contributed by atoms with Crippen molar-refractivity contribution < 1.29 is 14.7 Å². The number of aromatic nitrogens is 2. The molecule has 0 saturated carbocycles. The van der Waals surface area contributed by atoms with Gasteiger partial charge in [0.15, 0.2) is 0 Å². The van der Waals surface area contributed by atoms with E-state index >= 15 is 0 Å². The van der Waals surface area contributed by atoms with Crippen molar-refractivity contribution in [2.24, 2.45) is 0 Å². The zero-order valence-corrected chi connectivity index (χ0v) is 18.1. The Morgan fingerprint density at radius 3 is 2.58 bits per heavy atom. The van der Waals surface area contributed by atoms with Gasteiger partial charge >= 0.3 is 0 Å². The number of imide groups is 1. The standard InChI is InChI=1S/C24H24N6O3/c1-3-19(32)30(24(33)16-7-5-4-6-8-16)12-11-27-23-20(22(26)28-14-29-23)21(25)17-10-9-15(2)18(31)13-17/h3-10,13-14,25,31H,1,11-12H2,2H3,(H3,26,27,28,29). The Morgan fingerprint density at radius 1 is 1.18 bits per heavy atom. The number of nitrogens with zero attached hydrogens (tertiary/aromatic N) is 3. The van der Waals surface area contributed by atoms with Crippen LogP contribution in [0.4, 0.5) is 11.6 Å². The molecule has 2 aromatic carbocycles. The largest absolute Gasteiger partial charge is 0.508 e. The predicted octanol–water partition coefficient (Wildman–Crippen LogP) is 2.76. The van der Waals surface area contributed by atoms with Crippen LogP contribution in [-0.4, -0.2) is 50.6 Å². The number of benzene rings is 2. The summed E-state index contributed by atoms with van der Waals surface area (Å²) in [5.74, 6) is -0.577. The van der Waals surface area contributed by atoms with E-state index in [1.165, 1.54) is 12.4 Å². The average molecular weight is 444 g/mol. The van der Waals surface area contributed by atoms with Gasteiger partial charge in [0.25, 0.3) is 11.8 Å². The first-order valence-corrected chi connectivity index (χ1v) is 10.1. The Kier molecular flexibility index (Phi) is 7.14. The van der Waals surface area contributed by atoms with Gasteiger partial charge in [0.05, 0.1) is 11.3 Å². The van der Waals surface area contributed by atoms with E-state index in [1.807, 2.05) is 0 Å². The van der Waals surface area contributed by atoms with Crippen molar-refractivity contribution in [3.8, 4) is 5.75 Å². The number of amides is 2. The maximum Gasteiger partial charge on any atom is 0.260 e. The topological polar surface area (TPSA) is 145 Å². The minimum atomic E-state index is -0.532. The number of aryl methyl sites for hydroxylation is 1. The second kappa shape index (κ2) is 10.2. The third-order valence-electron chi connectivity index (χ3n) is 4.96. The summed E-state index contributed by atoms with van der Waals surface area (Å²) in [5.41, 5.74) is 7.78. The molecule has 9 heteroatoms. The molecule has 0 aliphatic rings. The zero-order valence-electron chi connectivity index (χ0n) is 18.1. The quantitative estimate of drug-likeness (QED) is 0.309. The van der Waals surface area contributed by atoms with E-state index in [2.05, 4.69) is 21.9 Å². The van der Waals surface area contributed by atoms with Crippen molar-refractivity contribution in [1.29, 1.82) is 5.41 Å². The number of nitrogen functional groups attached to an aromatic ring is 1. The SMILES string of the molecule is C=CC(=O)N(CCNc1ncnc(N)c1C(=N)c1ccc(C)c(O)c1)C(=O)c1ccccc1. The van der Waals surface area contributed by atoms with Gasteiger partial charge in [-0.3, -0.25) is 19.9 Å². The van der Waals surface area contributed by atoms with Crippen LogP contribution in [0.5, 0.6) is 5.75 Å². The minimum absolute atomic E-state index is 0.0188. The van der Waals surface area contributed by atoms with E-state index < -0.39 is 11.8 Å². The van der Waals surface area contributed by atoms with Crippen molar-refractivity contribution in [2.45, 2.75) is 6.92 Å². The van der Waals surface area contributed by atoms with E-state index in [4.69, 9.17) is 11.1 Å². The number of rotatable bonds is 8. The number of aromatic hydroxyl groups is 1. The lowest BCUT2D eigenvalue weighted by Gasteiger charge is -2.20. The summed E-state index contributed by atoms with van der Waals surface area (Å²) in [6.07, 6.45) is 2.33. The van der Waals surface area contributed by atoms with E-state index in [0.29, 0.717) is 16.7 Å². The Hall–Kier alpha value is -4.53. The predicted molar refractivity (Wildman–Crippen MR) is 126 cm³/mol. The lowest BCUT2D eigenvalue weighted by molar-refractivity contribution is -0.123. The summed E-state index contributed by atoms with van der Waals surface area (Å²) in [6.45, 7) is 5.40. The molecular formula is C24H24N6O3. The summed E-state index contributed by atoms with van der Waals surface area (Å²) in [7, 11) is 0. The van der Waals surface area contributed by atoms with Gasteiger partial charge in [-0.05, 0) is 36.8 Å². The third kappa shape index (κ3) is 5.21. The second-order valence-electron chi connectivity index (χ2n) is 7.15. The molecule has 3 rings (SSSR count). The summed E-state index contributed by atoms with van der Waals surface area (Å²) < 4.78 is 0. The van der Waals surface area contributed by atoms with E-state index in [1.54, 1.807) is 49.4 Å². The number of phenolic OH excluding ortho intramolecular Hbond substituents is 1. The highest BCUT2D eigenvalue weighted by Crippen LogP contribution is 2.25. The molecule has 1 heterocycles. The first kappa shape index (κ1) is 23.1. The van der Waals surface area contributed by atoms with Gasteiger partial charge in [-0.1, -0.05) is 36.9 Å². The number of carbonyl (C=O) groups excluding carboxylic acids is 2. The van der Waals surface area contributed by atoms with Crippen molar-refractivity contribution in [2.75, 3.05) is 24.1 Å². The maximum atomic E-state index is 12.8. The van der Waals surface area contributed by atoms with Gasteiger partial charge in [-0.25, -0.2) is 9.97 Å². The molecule has 3 aromatic rings. The van der Waals surface area contributed by atoms with Crippen LogP contribution in [0.1, 0.15) is 27.0 Å². The van der Waals surface area contributed by atoms with Crippen molar-refractivity contribution in [1.82, 2.24) is 14.9 Å². The number of hydrogen-bond donors (Lipinski definition) is 4. The zero-order chi connectivity index (χ0) is 24.0. The van der Waals surface area contributed by atoms with Crippen molar-refractivity contribution in [3.63, 3.8) is 0 Å². The van der Waals surface area contributed by atoms with Crippen LogP contribution < -0.4 is 11.1 Å². The molecule has 0 atom stereocenters. The van der Waals surface area contributed by atoms with E-state index in [0.717, 1.165) is 11.0 Å². The highest BCUT2D eigenvalue weighted by atomic mass is 16.3. The Balaban J connectivity index is 1.81. The molecule has 2 amide bonds. The minimum Gasteiger partial charge on any atom is -0.508 e. The molecule has 0 aliphatic heterocycles. The number of hydrogen-bond acceptors (Lipinski definition) is 8. The molecule has 1 aromatic heterocycles. The lowest BCUT2D eigenvalue weighted by Crippen LogP contribution is -2.39. The lowest BCUT2D eigenvalue weighted by atomic mass is 10.0. The molecule has 0 saturated heterocycles. The van der Waals surface area contributed by atoms with Crippen LogP contribution >= 0.6 is 0 Å². The molecule has 33 heavy (non-hydrogen) atoms. The maximum absolute atomic E-state index is 12.8. The molecule has 0 radical (unpaired) electrons. The number of anilines is 2. The molecule has 0 aliphatic carbocycles. The van der Waals surface area contributed by atoms with Crippen LogP contribution in [0.2, 0.25) is 0 Å². The molecule has 0 unspecified atom stereocenters. The molecule has 0 bridgehead atoms. The van der Waals surface area contributed by atoms with Crippen molar-refractivity contribution >= 4 is 29.2 Å². The Labute approximate surface area is 191 Å². The molecular weight excluding hydrogens is 420 g/mol. The summed E-state index contributed by atoms with van der Waals surface area (Å²) in [6, 6.07) is 13.3. The first-order chi connectivity index (χ1) is 15.8. The molecule has 0 fully saturated rings. The fraction of sp³-hybridized carbons (Fsp3) is 0.125. The van der Waals surface area contributed by atoms with Crippen LogP contribution in [0.25, 0.3) is 0 Å². The summed E-state index contributed by atoms with van der Waals surface area (Å²) in [5, 5.41) is 21.6. The number of phenols is 1. The van der Waals surface area contributed by atoms with Gasteiger partial charge in [0.2, 0.25) is 0 Å². The molecule has 5 N–H and O–H groups in total. The molecule has 0 spiro atoms. The highest BCUT2D eigenvalue weighted by molar-refractivity contribution is 6.16. The molecule has 9 nitrogen and oxygen atoms in total.